The van der Waals surface area contributed by atoms with Crippen LogP contribution in [0.5, 0.6) is 0 Å². The van der Waals surface area contributed by atoms with Gasteiger partial charge >= 0.3 is 0 Å². The van der Waals surface area contributed by atoms with Gasteiger partial charge in [0.15, 0.2) is 5.82 Å². The third kappa shape index (κ3) is 3.96. The van der Waals surface area contributed by atoms with Crippen LogP contribution in [0.25, 0.3) is 11.4 Å². The van der Waals surface area contributed by atoms with Crippen LogP contribution in [0, 0.1) is 5.92 Å². The molecule has 0 unspecified atom stereocenters. The molecule has 144 valence electrons. The fourth-order valence-electron chi connectivity index (χ4n) is 3.89. The summed E-state index contributed by atoms with van der Waals surface area (Å²) in [5.41, 5.74) is 2.95. The van der Waals surface area contributed by atoms with E-state index < -0.39 is 0 Å². The normalized spacial score (nSPS) is 15.0. The van der Waals surface area contributed by atoms with Crippen molar-refractivity contribution in [2.75, 3.05) is 13.1 Å². The van der Waals surface area contributed by atoms with Crippen LogP contribution in [0.2, 0.25) is 0 Å². The van der Waals surface area contributed by atoms with Gasteiger partial charge in [-0.1, -0.05) is 42.5 Å². The summed E-state index contributed by atoms with van der Waals surface area (Å²) in [6.45, 7) is 4.31. The number of hydrogen-bond donors (Lipinski definition) is 0. The van der Waals surface area contributed by atoms with E-state index >= 15 is 0 Å². The van der Waals surface area contributed by atoms with Crippen LogP contribution in [-0.2, 0) is 13.0 Å². The van der Waals surface area contributed by atoms with Gasteiger partial charge < -0.3 is 4.90 Å². The van der Waals surface area contributed by atoms with Gasteiger partial charge in [-0.2, -0.15) is 0 Å². The number of tetrazole rings is 1. The highest BCUT2D eigenvalue weighted by Crippen LogP contribution is 2.24. The van der Waals surface area contributed by atoms with Crippen molar-refractivity contribution in [3.8, 4) is 11.4 Å². The fourth-order valence-corrected chi connectivity index (χ4v) is 3.89. The summed E-state index contributed by atoms with van der Waals surface area (Å²) in [7, 11) is 0. The minimum atomic E-state index is 0.0931. The molecule has 4 rings (SSSR count). The summed E-state index contributed by atoms with van der Waals surface area (Å²) in [6, 6.07) is 18.2. The van der Waals surface area contributed by atoms with E-state index in [1.165, 1.54) is 5.56 Å². The zero-order chi connectivity index (χ0) is 19.3. The number of hydrogen-bond acceptors (Lipinski definition) is 4. The third-order valence-corrected chi connectivity index (χ3v) is 5.47. The molecule has 28 heavy (non-hydrogen) atoms. The van der Waals surface area contributed by atoms with E-state index in [0.29, 0.717) is 23.9 Å². The predicted molar refractivity (Wildman–Crippen MR) is 108 cm³/mol. The maximum atomic E-state index is 13.0. The summed E-state index contributed by atoms with van der Waals surface area (Å²) >= 11 is 0. The molecule has 0 atom stereocenters. The van der Waals surface area contributed by atoms with Crippen LogP contribution in [0.15, 0.2) is 54.6 Å². The number of carbonyl (C=O) groups is 1. The maximum absolute atomic E-state index is 13.0. The van der Waals surface area contributed by atoms with Crippen LogP contribution in [-0.4, -0.2) is 44.1 Å². The zero-order valence-electron chi connectivity index (χ0n) is 16.2. The number of rotatable bonds is 5. The Morgan fingerprint density at radius 3 is 2.61 bits per heavy atom. The number of nitrogens with zero attached hydrogens (tertiary/aromatic N) is 5. The molecule has 0 radical (unpaired) electrons. The number of likely N-dealkylation sites (tertiary alicyclic amines) is 1. The van der Waals surface area contributed by atoms with Gasteiger partial charge in [-0.15, -0.1) is 5.10 Å². The van der Waals surface area contributed by atoms with Crippen LogP contribution >= 0.6 is 0 Å². The first kappa shape index (κ1) is 18.3. The van der Waals surface area contributed by atoms with Crippen molar-refractivity contribution in [2.24, 2.45) is 5.92 Å². The molecular formula is C22H25N5O. The van der Waals surface area contributed by atoms with E-state index in [4.69, 9.17) is 0 Å². The number of aryl methyl sites for hydroxylation is 1. The van der Waals surface area contributed by atoms with E-state index in [-0.39, 0.29) is 5.91 Å². The molecule has 3 aromatic rings. The third-order valence-electron chi connectivity index (χ3n) is 5.47. The van der Waals surface area contributed by atoms with Gasteiger partial charge in [0.1, 0.15) is 0 Å². The molecule has 1 saturated heterocycles. The molecule has 1 aliphatic heterocycles. The molecule has 1 aliphatic rings. The lowest BCUT2D eigenvalue weighted by Crippen LogP contribution is -2.38. The Kier molecular flexibility index (Phi) is 5.46. The molecule has 2 aromatic carbocycles. The largest absolute Gasteiger partial charge is 0.339 e. The Bertz CT molecular complexity index is 929. The highest BCUT2D eigenvalue weighted by Gasteiger charge is 2.24. The minimum absolute atomic E-state index is 0.0931. The Morgan fingerprint density at radius 1 is 1.07 bits per heavy atom. The summed E-state index contributed by atoms with van der Waals surface area (Å²) in [5, 5.41) is 11.8. The van der Waals surface area contributed by atoms with E-state index in [1.54, 1.807) is 4.68 Å². The van der Waals surface area contributed by atoms with Crippen molar-refractivity contribution in [1.29, 1.82) is 0 Å². The van der Waals surface area contributed by atoms with Crippen molar-refractivity contribution in [1.82, 2.24) is 25.1 Å². The monoisotopic (exact) mass is 375 g/mol. The fraction of sp³-hybridized carbons (Fsp3) is 0.364. The molecule has 0 bridgehead atoms. The molecule has 0 N–H and O–H groups in total. The number of carbonyl (C=O) groups excluding carboxylic acids is 1. The molecule has 1 aromatic heterocycles. The van der Waals surface area contributed by atoms with Gasteiger partial charge in [0, 0.05) is 30.8 Å². The lowest BCUT2D eigenvalue weighted by molar-refractivity contribution is 0.0690. The Morgan fingerprint density at radius 2 is 1.86 bits per heavy atom. The lowest BCUT2D eigenvalue weighted by atomic mass is 9.90. The van der Waals surface area contributed by atoms with Crippen LogP contribution < -0.4 is 0 Å². The summed E-state index contributed by atoms with van der Waals surface area (Å²) < 4.78 is 1.73. The van der Waals surface area contributed by atoms with E-state index in [0.717, 1.165) is 37.9 Å². The van der Waals surface area contributed by atoms with E-state index in [2.05, 4.69) is 45.9 Å². The molecule has 0 saturated carbocycles. The Labute approximate surface area is 165 Å². The van der Waals surface area contributed by atoms with Crippen LogP contribution in [0.1, 0.15) is 35.7 Å². The first-order valence-corrected chi connectivity index (χ1v) is 9.94. The van der Waals surface area contributed by atoms with Crippen molar-refractivity contribution < 1.29 is 4.79 Å². The number of piperidine rings is 1. The number of amides is 1. The average Bonchev–Trinajstić information content (AvgIpc) is 3.24. The van der Waals surface area contributed by atoms with Gasteiger partial charge in [0.05, 0.1) is 0 Å². The summed E-state index contributed by atoms with van der Waals surface area (Å²) in [5.74, 6) is 1.43. The van der Waals surface area contributed by atoms with Crippen molar-refractivity contribution >= 4 is 5.91 Å². The predicted octanol–water partition coefficient (Wildman–Crippen LogP) is 3.45. The van der Waals surface area contributed by atoms with E-state index in [9.17, 15) is 4.79 Å². The Hall–Kier alpha value is -3.02. The first-order valence-electron chi connectivity index (χ1n) is 9.94. The van der Waals surface area contributed by atoms with Gasteiger partial charge in [-0.25, -0.2) is 4.68 Å². The van der Waals surface area contributed by atoms with Gasteiger partial charge in [0.2, 0.25) is 0 Å². The molecule has 0 aliphatic carbocycles. The van der Waals surface area contributed by atoms with Crippen LogP contribution in [0.4, 0.5) is 0 Å². The summed E-state index contributed by atoms with van der Waals surface area (Å²) in [6.07, 6.45) is 3.20. The molecule has 1 amide bonds. The number of aromatic nitrogens is 4. The zero-order valence-corrected chi connectivity index (χ0v) is 16.2. The number of benzene rings is 2. The molecular weight excluding hydrogens is 350 g/mol. The Balaban J connectivity index is 1.41. The standard InChI is InChI=1S/C22H25N5O/c1-2-27-21(23-24-25-27)19-9-6-10-20(16-19)22(28)26-13-11-18(12-14-26)15-17-7-4-3-5-8-17/h3-10,16,18H,2,11-15H2,1H3. The smallest absolute Gasteiger partial charge is 0.253 e. The topological polar surface area (TPSA) is 63.9 Å². The maximum Gasteiger partial charge on any atom is 0.253 e. The van der Waals surface area contributed by atoms with Gasteiger partial charge in [-0.05, 0) is 60.2 Å². The second kappa shape index (κ2) is 8.33. The summed E-state index contributed by atoms with van der Waals surface area (Å²) in [4.78, 5) is 15.0. The molecule has 2 heterocycles. The van der Waals surface area contributed by atoms with Crippen molar-refractivity contribution in [3.63, 3.8) is 0 Å². The highest BCUT2D eigenvalue weighted by molar-refractivity contribution is 5.95. The molecule has 6 heteroatoms. The first-order chi connectivity index (χ1) is 13.7. The minimum Gasteiger partial charge on any atom is -0.339 e. The van der Waals surface area contributed by atoms with Crippen LogP contribution in [0.3, 0.4) is 0 Å². The van der Waals surface area contributed by atoms with Gasteiger partial charge in [-0.3, -0.25) is 4.79 Å². The van der Waals surface area contributed by atoms with Crippen molar-refractivity contribution in [2.45, 2.75) is 32.7 Å². The highest BCUT2D eigenvalue weighted by atomic mass is 16.2. The van der Waals surface area contributed by atoms with Crippen molar-refractivity contribution in [3.05, 3.63) is 65.7 Å². The average molecular weight is 375 g/mol. The molecule has 6 nitrogen and oxygen atoms in total. The quantitative estimate of drug-likeness (QED) is 0.685. The lowest BCUT2D eigenvalue weighted by Gasteiger charge is -2.32. The second-order valence-corrected chi connectivity index (χ2v) is 7.32. The molecule has 0 spiro atoms. The van der Waals surface area contributed by atoms with Gasteiger partial charge in [0.25, 0.3) is 5.91 Å². The second-order valence-electron chi connectivity index (χ2n) is 7.32. The van der Waals surface area contributed by atoms with E-state index in [1.807, 2.05) is 36.1 Å². The SMILES string of the molecule is CCn1nnnc1-c1cccc(C(=O)N2CCC(Cc3ccccc3)CC2)c1. The molecule has 1 fully saturated rings.